The lowest BCUT2D eigenvalue weighted by Gasteiger charge is -2.14. The van der Waals surface area contributed by atoms with Crippen molar-refractivity contribution in [2.24, 2.45) is 0 Å². The van der Waals surface area contributed by atoms with Gasteiger partial charge in [-0.05, 0) is 31.9 Å². The Kier molecular flexibility index (Phi) is 6.74. The fourth-order valence-electron chi connectivity index (χ4n) is 1.58. The minimum absolute atomic E-state index is 0.0395. The first-order chi connectivity index (χ1) is 9.13. The predicted molar refractivity (Wildman–Crippen MR) is 74.4 cm³/mol. The second kappa shape index (κ2) is 8.37. The van der Waals surface area contributed by atoms with E-state index in [0.717, 1.165) is 11.3 Å². The number of para-hydroxylation sites is 1. The van der Waals surface area contributed by atoms with E-state index in [-0.39, 0.29) is 18.7 Å². The van der Waals surface area contributed by atoms with E-state index in [4.69, 9.17) is 9.84 Å². The van der Waals surface area contributed by atoms with Gasteiger partial charge in [0.05, 0.1) is 6.54 Å². The molecule has 0 bridgehead atoms. The van der Waals surface area contributed by atoms with Gasteiger partial charge in [-0.3, -0.25) is 0 Å². The highest BCUT2D eigenvalue weighted by Crippen LogP contribution is 2.15. The largest absolute Gasteiger partial charge is 0.491 e. The SMILES string of the molecule is Cc1ccccc1OCCNC(=O)N[C@H](C)CCO. The number of aryl methyl sites for hydroxylation is 1. The van der Waals surface area contributed by atoms with E-state index in [1.54, 1.807) is 0 Å². The van der Waals surface area contributed by atoms with Gasteiger partial charge in [0.1, 0.15) is 12.4 Å². The van der Waals surface area contributed by atoms with E-state index in [9.17, 15) is 4.79 Å². The van der Waals surface area contributed by atoms with Crippen molar-refractivity contribution in [2.75, 3.05) is 19.8 Å². The molecule has 1 aromatic carbocycles. The number of carbonyl (C=O) groups is 1. The van der Waals surface area contributed by atoms with Gasteiger partial charge < -0.3 is 20.5 Å². The van der Waals surface area contributed by atoms with Gasteiger partial charge in [-0.25, -0.2) is 4.79 Å². The summed E-state index contributed by atoms with van der Waals surface area (Å²) in [6, 6.07) is 7.47. The summed E-state index contributed by atoms with van der Waals surface area (Å²) in [5.41, 5.74) is 1.07. The van der Waals surface area contributed by atoms with E-state index >= 15 is 0 Å². The van der Waals surface area contributed by atoms with Crippen molar-refractivity contribution >= 4 is 6.03 Å². The number of aliphatic hydroxyl groups excluding tert-OH is 1. The quantitative estimate of drug-likeness (QED) is 0.654. The lowest BCUT2D eigenvalue weighted by atomic mass is 10.2. The third kappa shape index (κ3) is 6.10. The number of urea groups is 1. The second-order valence-corrected chi connectivity index (χ2v) is 4.43. The first-order valence-electron chi connectivity index (χ1n) is 6.47. The average Bonchev–Trinajstić information content (AvgIpc) is 2.36. The Balaban J connectivity index is 2.17. The number of aliphatic hydroxyl groups is 1. The molecule has 0 aliphatic rings. The molecule has 0 aliphatic carbocycles. The summed E-state index contributed by atoms with van der Waals surface area (Å²) in [7, 11) is 0. The highest BCUT2D eigenvalue weighted by atomic mass is 16.5. The molecule has 0 spiro atoms. The highest BCUT2D eigenvalue weighted by Gasteiger charge is 2.05. The molecule has 1 rings (SSSR count). The van der Waals surface area contributed by atoms with Crippen LogP contribution in [0.1, 0.15) is 18.9 Å². The van der Waals surface area contributed by atoms with Crippen LogP contribution in [0.2, 0.25) is 0 Å². The predicted octanol–water partition coefficient (Wildman–Crippen LogP) is 1.44. The zero-order valence-electron chi connectivity index (χ0n) is 11.5. The smallest absolute Gasteiger partial charge is 0.315 e. The molecule has 0 fully saturated rings. The number of benzene rings is 1. The molecule has 0 saturated carbocycles. The number of hydrogen-bond acceptors (Lipinski definition) is 3. The zero-order chi connectivity index (χ0) is 14.1. The molecule has 0 aromatic heterocycles. The zero-order valence-corrected chi connectivity index (χ0v) is 11.5. The summed E-state index contributed by atoms with van der Waals surface area (Å²) < 4.78 is 5.56. The molecule has 5 nitrogen and oxygen atoms in total. The number of carbonyl (C=O) groups excluding carboxylic acids is 1. The van der Waals surface area contributed by atoms with Gasteiger partial charge in [-0.15, -0.1) is 0 Å². The van der Waals surface area contributed by atoms with Crippen LogP contribution in [0.4, 0.5) is 4.79 Å². The number of hydrogen-bond donors (Lipinski definition) is 3. The molecule has 5 heteroatoms. The second-order valence-electron chi connectivity index (χ2n) is 4.43. The van der Waals surface area contributed by atoms with E-state index in [0.29, 0.717) is 19.6 Å². The van der Waals surface area contributed by atoms with Crippen LogP contribution < -0.4 is 15.4 Å². The maximum atomic E-state index is 11.4. The van der Waals surface area contributed by atoms with Gasteiger partial charge in [0.25, 0.3) is 0 Å². The maximum Gasteiger partial charge on any atom is 0.315 e. The number of ether oxygens (including phenoxy) is 1. The topological polar surface area (TPSA) is 70.6 Å². The first-order valence-corrected chi connectivity index (χ1v) is 6.47. The van der Waals surface area contributed by atoms with Crippen LogP contribution in [-0.2, 0) is 0 Å². The van der Waals surface area contributed by atoms with Crippen molar-refractivity contribution in [1.29, 1.82) is 0 Å². The van der Waals surface area contributed by atoms with Crippen molar-refractivity contribution in [3.05, 3.63) is 29.8 Å². The van der Waals surface area contributed by atoms with E-state index in [1.807, 2.05) is 38.1 Å². The Bertz CT molecular complexity index is 396. The molecule has 106 valence electrons. The third-order valence-corrected chi connectivity index (χ3v) is 2.68. The summed E-state index contributed by atoms with van der Waals surface area (Å²) in [6.45, 7) is 4.75. The summed E-state index contributed by atoms with van der Waals surface area (Å²) in [5.74, 6) is 0.832. The van der Waals surface area contributed by atoms with Gasteiger partial charge in [-0.1, -0.05) is 18.2 Å². The normalized spacial score (nSPS) is 11.7. The monoisotopic (exact) mass is 266 g/mol. The average molecular weight is 266 g/mol. The molecule has 0 radical (unpaired) electrons. The first kappa shape index (κ1) is 15.3. The number of amides is 2. The molecule has 3 N–H and O–H groups in total. The van der Waals surface area contributed by atoms with Crippen LogP contribution in [0.25, 0.3) is 0 Å². The highest BCUT2D eigenvalue weighted by molar-refractivity contribution is 5.74. The van der Waals surface area contributed by atoms with Gasteiger partial charge >= 0.3 is 6.03 Å². The van der Waals surface area contributed by atoms with Gasteiger partial charge in [0, 0.05) is 12.6 Å². The molecule has 0 unspecified atom stereocenters. The lowest BCUT2D eigenvalue weighted by molar-refractivity contribution is 0.227. The van der Waals surface area contributed by atoms with Gasteiger partial charge in [-0.2, -0.15) is 0 Å². The summed E-state index contributed by atoms with van der Waals surface area (Å²) in [4.78, 5) is 11.4. The van der Waals surface area contributed by atoms with Crippen molar-refractivity contribution in [3.63, 3.8) is 0 Å². The minimum Gasteiger partial charge on any atom is -0.491 e. The number of rotatable bonds is 7. The van der Waals surface area contributed by atoms with Crippen LogP contribution in [0.15, 0.2) is 24.3 Å². The van der Waals surface area contributed by atoms with Crippen molar-refractivity contribution in [3.8, 4) is 5.75 Å². The molecule has 1 atom stereocenters. The molecular weight excluding hydrogens is 244 g/mol. The van der Waals surface area contributed by atoms with E-state index in [2.05, 4.69) is 10.6 Å². The maximum absolute atomic E-state index is 11.4. The number of nitrogens with one attached hydrogen (secondary N) is 2. The molecule has 2 amide bonds. The molecule has 1 aromatic rings. The summed E-state index contributed by atoms with van der Waals surface area (Å²) in [5, 5.41) is 14.2. The third-order valence-electron chi connectivity index (χ3n) is 2.68. The Morgan fingerprint density at radius 3 is 2.84 bits per heavy atom. The Morgan fingerprint density at radius 2 is 2.16 bits per heavy atom. The fourth-order valence-corrected chi connectivity index (χ4v) is 1.58. The lowest BCUT2D eigenvalue weighted by Crippen LogP contribution is -2.42. The van der Waals surface area contributed by atoms with Gasteiger partial charge in [0.15, 0.2) is 0 Å². The van der Waals surface area contributed by atoms with Gasteiger partial charge in [0.2, 0.25) is 0 Å². The van der Waals surface area contributed by atoms with E-state index in [1.165, 1.54) is 0 Å². The Hall–Kier alpha value is -1.75. The standard InChI is InChI=1S/C14H22N2O3/c1-11-5-3-4-6-13(11)19-10-8-15-14(18)16-12(2)7-9-17/h3-6,12,17H,7-10H2,1-2H3,(H2,15,16,18)/t12-/m1/s1. The molecule has 0 heterocycles. The molecule has 0 saturated heterocycles. The Labute approximate surface area is 114 Å². The fraction of sp³-hybridized carbons (Fsp3) is 0.500. The summed E-state index contributed by atoms with van der Waals surface area (Å²) in [6.07, 6.45) is 0.549. The molecular formula is C14H22N2O3. The Morgan fingerprint density at radius 1 is 1.42 bits per heavy atom. The van der Waals surface area contributed by atoms with Crippen molar-refractivity contribution in [1.82, 2.24) is 10.6 Å². The van der Waals surface area contributed by atoms with Crippen LogP contribution >= 0.6 is 0 Å². The van der Waals surface area contributed by atoms with Crippen LogP contribution in [0.5, 0.6) is 5.75 Å². The van der Waals surface area contributed by atoms with Crippen LogP contribution in [0, 0.1) is 6.92 Å². The molecule has 19 heavy (non-hydrogen) atoms. The molecule has 0 aliphatic heterocycles. The van der Waals surface area contributed by atoms with Crippen LogP contribution in [0.3, 0.4) is 0 Å². The van der Waals surface area contributed by atoms with Crippen molar-refractivity contribution in [2.45, 2.75) is 26.3 Å². The van der Waals surface area contributed by atoms with E-state index < -0.39 is 0 Å². The summed E-state index contributed by atoms with van der Waals surface area (Å²) >= 11 is 0. The minimum atomic E-state index is -0.241. The van der Waals surface area contributed by atoms with Crippen molar-refractivity contribution < 1.29 is 14.6 Å². The van der Waals surface area contributed by atoms with Crippen LogP contribution in [-0.4, -0.2) is 36.9 Å².